The van der Waals surface area contributed by atoms with Gasteiger partial charge in [0.05, 0.1) is 11.7 Å². The third kappa shape index (κ3) is 3.35. The van der Waals surface area contributed by atoms with E-state index in [1.807, 2.05) is 36.1 Å². The number of carbonyl (C=O) groups is 1. The van der Waals surface area contributed by atoms with Crippen molar-refractivity contribution in [2.24, 2.45) is 7.05 Å². The molecular formula is C19H27N5O. The zero-order chi connectivity index (χ0) is 17.2. The van der Waals surface area contributed by atoms with Gasteiger partial charge in [-0.25, -0.2) is 0 Å². The number of nitrogens with one attached hydrogen (secondary N) is 1. The lowest BCUT2D eigenvalue weighted by Gasteiger charge is -2.37. The Morgan fingerprint density at radius 2 is 2.16 bits per heavy atom. The van der Waals surface area contributed by atoms with Crippen LogP contribution in [-0.4, -0.2) is 44.3 Å². The molecule has 1 saturated carbocycles. The van der Waals surface area contributed by atoms with Gasteiger partial charge in [-0.2, -0.15) is 5.10 Å². The third-order valence-corrected chi connectivity index (χ3v) is 5.69. The highest BCUT2D eigenvalue weighted by Crippen LogP contribution is 2.30. The zero-order valence-electron chi connectivity index (χ0n) is 14.9. The summed E-state index contributed by atoms with van der Waals surface area (Å²) in [5, 5.41) is 7.60. The highest BCUT2D eigenvalue weighted by Gasteiger charge is 2.31. The van der Waals surface area contributed by atoms with Crippen molar-refractivity contribution < 1.29 is 4.79 Å². The lowest BCUT2D eigenvalue weighted by Crippen LogP contribution is -2.43. The van der Waals surface area contributed by atoms with Gasteiger partial charge in [0, 0.05) is 45.1 Å². The van der Waals surface area contributed by atoms with Crippen LogP contribution in [0.15, 0.2) is 30.6 Å². The van der Waals surface area contributed by atoms with Crippen molar-refractivity contribution in [2.45, 2.75) is 50.7 Å². The lowest BCUT2D eigenvalue weighted by atomic mass is 10.1. The summed E-state index contributed by atoms with van der Waals surface area (Å²) in [7, 11) is 1.89. The molecule has 1 atom stereocenters. The van der Waals surface area contributed by atoms with Crippen molar-refractivity contribution in [2.75, 3.05) is 13.1 Å². The average molecular weight is 341 g/mol. The molecule has 6 nitrogen and oxygen atoms in total. The van der Waals surface area contributed by atoms with Gasteiger partial charge in [-0.3, -0.25) is 14.4 Å². The smallest absolute Gasteiger partial charge is 0.267 e. The first-order valence-electron chi connectivity index (χ1n) is 9.38. The molecule has 0 radical (unpaired) electrons. The number of fused-ring (bicyclic) bond motifs is 1. The minimum Gasteiger partial charge on any atom is -0.351 e. The number of aryl methyl sites for hydroxylation is 1. The quantitative estimate of drug-likeness (QED) is 0.908. The van der Waals surface area contributed by atoms with Gasteiger partial charge < -0.3 is 9.88 Å². The molecule has 6 heteroatoms. The topological polar surface area (TPSA) is 55.1 Å². The van der Waals surface area contributed by atoms with E-state index >= 15 is 0 Å². The molecule has 134 valence electrons. The first-order chi connectivity index (χ1) is 12.2. The Morgan fingerprint density at radius 3 is 2.92 bits per heavy atom. The van der Waals surface area contributed by atoms with Gasteiger partial charge >= 0.3 is 0 Å². The monoisotopic (exact) mass is 341 g/mol. The van der Waals surface area contributed by atoms with Crippen molar-refractivity contribution in [3.05, 3.63) is 42.0 Å². The molecular weight excluding hydrogens is 314 g/mol. The predicted molar refractivity (Wildman–Crippen MR) is 96.3 cm³/mol. The number of rotatable bonds is 5. The molecule has 0 bridgehead atoms. The van der Waals surface area contributed by atoms with Crippen LogP contribution in [0.3, 0.4) is 0 Å². The van der Waals surface area contributed by atoms with E-state index in [-0.39, 0.29) is 5.91 Å². The maximum absolute atomic E-state index is 12.3. The zero-order valence-corrected chi connectivity index (χ0v) is 14.9. The Balaban J connectivity index is 1.37. The van der Waals surface area contributed by atoms with E-state index in [9.17, 15) is 4.79 Å². The SMILES string of the molecule is Cn1cccc1C(=O)NCC[C@H]1CN(C2CCCC2)Cc2ccnn21. The van der Waals surface area contributed by atoms with Crippen LogP contribution >= 0.6 is 0 Å². The molecule has 0 aromatic carbocycles. The van der Waals surface area contributed by atoms with Gasteiger partial charge in [-0.1, -0.05) is 12.8 Å². The summed E-state index contributed by atoms with van der Waals surface area (Å²) >= 11 is 0. The van der Waals surface area contributed by atoms with Gasteiger partial charge in [0.15, 0.2) is 0 Å². The summed E-state index contributed by atoms with van der Waals surface area (Å²) in [4.78, 5) is 14.9. The summed E-state index contributed by atoms with van der Waals surface area (Å²) in [6.45, 7) is 2.72. The number of aromatic nitrogens is 3. The normalized spacial score (nSPS) is 21.4. The Hall–Kier alpha value is -2.08. The molecule has 0 unspecified atom stereocenters. The van der Waals surface area contributed by atoms with E-state index in [2.05, 4.69) is 26.1 Å². The minimum atomic E-state index is -0.00310. The molecule has 25 heavy (non-hydrogen) atoms. The van der Waals surface area contributed by atoms with Crippen molar-refractivity contribution in [1.82, 2.24) is 24.6 Å². The number of hydrogen-bond donors (Lipinski definition) is 1. The van der Waals surface area contributed by atoms with Crippen LogP contribution in [0.1, 0.15) is 54.3 Å². The molecule has 4 rings (SSSR count). The third-order valence-electron chi connectivity index (χ3n) is 5.69. The molecule has 0 saturated heterocycles. The fourth-order valence-corrected chi connectivity index (χ4v) is 4.32. The highest BCUT2D eigenvalue weighted by molar-refractivity contribution is 5.92. The summed E-state index contributed by atoms with van der Waals surface area (Å²) in [5.41, 5.74) is 2.01. The second-order valence-electron chi connectivity index (χ2n) is 7.34. The molecule has 2 aromatic heterocycles. The van der Waals surface area contributed by atoms with E-state index in [0.717, 1.165) is 25.6 Å². The average Bonchev–Trinajstić information content (AvgIpc) is 3.35. The van der Waals surface area contributed by atoms with Crippen LogP contribution in [0, 0.1) is 0 Å². The van der Waals surface area contributed by atoms with Crippen LogP contribution in [0.2, 0.25) is 0 Å². The number of carbonyl (C=O) groups excluding carboxylic acids is 1. The fraction of sp³-hybridized carbons (Fsp3) is 0.579. The van der Waals surface area contributed by atoms with Crippen molar-refractivity contribution in [3.63, 3.8) is 0 Å². The highest BCUT2D eigenvalue weighted by atomic mass is 16.1. The Morgan fingerprint density at radius 1 is 1.32 bits per heavy atom. The summed E-state index contributed by atoms with van der Waals surface area (Å²) < 4.78 is 4.02. The molecule has 1 fully saturated rings. The number of nitrogens with zero attached hydrogens (tertiary/aromatic N) is 4. The van der Waals surface area contributed by atoms with E-state index < -0.39 is 0 Å². The molecule has 1 N–H and O–H groups in total. The van der Waals surface area contributed by atoms with E-state index in [1.165, 1.54) is 31.4 Å². The molecule has 2 aromatic rings. The molecule has 1 aliphatic carbocycles. The number of hydrogen-bond acceptors (Lipinski definition) is 3. The van der Waals surface area contributed by atoms with Gasteiger partial charge in [0.25, 0.3) is 5.91 Å². The van der Waals surface area contributed by atoms with E-state index in [1.54, 1.807) is 0 Å². The van der Waals surface area contributed by atoms with Crippen LogP contribution in [0.5, 0.6) is 0 Å². The summed E-state index contributed by atoms with van der Waals surface area (Å²) in [6, 6.07) is 6.95. The van der Waals surface area contributed by atoms with Crippen LogP contribution in [0.25, 0.3) is 0 Å². The van der Waals surface area contributed by atoms with Crippen molar-refractivity contribution >= 4 is 5.91 Å². The second-order valence-corrected chi connectivity index (χ2v) is 7.34. The van der Waals surface area contributed by atoms with E-state index in [4.69, 9.17) is 0 Å². The predicted octanol–water partition coefficient (Wildman–Crippen LogP) is 2.34. The van der Waals surface area contributed by atoms with Crippen molar-refractivity contribution in [3.8, 4) is 0 Å². The standard InChI is InChI=1S/C19H27N5O/c1-22-12-4-7-18(22)19(25)20-10-8-16-13-23(15-5-2-3-6-15)14-17-9-11-21-24(16)17/h4,7,9,11-12,15-16H,2-3,5-6,8,10,13-14H2,1H3,(H,20,25)/t16-/m0/s1. The Bertz CT molecular complexity index is 728. The fourth-order valence-electron chi connectivity index (χ4n) is 4.32. The second kappa shape index (κ2) is 7.04. The largest absolute Gasteiger partial charge is 0.351 e. The van der Waals surface area contributed by atoms with E-state index in [0.29, 0.717) is 18.3 Å². The molecule has 1 amide bonds. The Labute approximate surface area is 148 Å². The molecule has 1 aliphatic heterocycles. The van der Waals surface area contributed by atoms with Crippen LogP contribution < -0.4 is 5.32 Å². The Kier molecular flexibility index (Phi) is 4.61. The number of amides is 1. The van der Waals surface area contributed by atoms with Crippen molar-refractivity contribution in [1.29, 1.82) is 0 Å². The maximum Gasteiger partial charge on any atom is 0.267 e. The molecule has 2 aliphatic rings. The van der Waals surface area contributed by atoms with Gasteiger partial charge in [-0.05, 0) is 37.5 Å². The summed E-state index contributed by atoms with van der Waals surface area (Å²) in [5.74, 6) is -0.00310. The maximum atomic E-state index is 12.3. The van der Waals surface area contributed by atoms with Crippen LogP contribution in [-0.2, 0) is 13.6 Å². The van der Waals surface area contributed by atoms with Gasteiger partial charge in [0.1, 0.15) is 5.69 Å². The summed E-state index contributed by atoms with van der Waals surface area (Å²) in [6.07, 6.45) is 10.1. The molecule has 3 heterocycles. The van der Waals surface area contributed by atoms with Gasteiger partial charge in [0.2, 0.25) is 0 Å². The molecule has 0 spiro atoms. The first-order valence-corrected chi connectivity index (χ1v) is 9.38. The van der Waals surface area contributed by atoms with Gasteiger partial charge in [-0.15, -0.1) is 0 Å². The minimum absolute atomic E-state index is 0.00310. The van der Waals surface area contributed by atoms with Crippen LogP contribution in [0.4, 0.5) is 0 Å². The lowest BCUT2D eigenvalue weighted by molar-refractivity contribution is 0.0932. The first kappa shape index (κ1) is 16.4.